The van der Waals surface area contributed by atoms with Crippen LogP contribution >= 0.6 is 11.8 Å². The molecule has 0 radical (unpaired) electrons. The molecule has 1 aliphatic rings. The van der Waals surface area contributed by atoms with Crippen molar-refractivity contribution in [2.75, 3.05) is 0 Å². The van der Waals surface area contributed by atoms with Gasteiger partial charge < -0.3 is 0 Å². The van der Waals surface area contributed by atoms with Gasteiger partial charge in [-0.05, 0) is 0 Å². The number of imide groups is 1. The Labute approximate surface area is 96.9 Å². The smallest absolute Gasteiger partial charge is 0.255 e. The molecule has 2 rings (SSSR count). The molecule has 1 aromatic carbocycles. The number of rotatable bonds is 2. The SMILES string of the molecule is O=C(c1ccccc1)C1CC(=O)N(Cl)C1=O. The minimum absolute atomic E-state index is 0.143. The third-order valence-electron chi connectivity index (χ3n) is 2.46. The Bertz CT molecular complexity index is 458. The molecule has 1 fully saturated rings. The van der Waals surface area contributed by atoms with Gasteiger partial charge in [-0.15, -0.1) is 0 Å². The Balaban J connectivity index is 2.25. The third kappa shape index (κ3) is 1.72. The summed E-state index contributed by atoms with van der Waals surface area (Å²) in [6, 6.07) is 8.39. The Morgan fingerprint density at radius 1 is 1.25 bits per heavy atom. The lowest BCUT2D eigenvalue weighted by molar-refractivity contribution is -0.132. The van der Waals surface area contributed by atoms with Gasteiger partial charge in [0, 0.05) is 23.8 Å². The molecule has 0 aliphatic carbocycles. The number of hydrogen-bond acceptors (Lipinski definition) is 3. The molecule has 1 saturated heterocycles. The van der Waals surface area contributed by atoms with Crippen LogP contribution in [0.15, 0.2) is 30.3 Å². The highest BCUT2D eigenvalue weighted by atomic mass is 35.5. The quantitative estimate of drug-likeness (QED) is 0.338. The van der Waals surface area contributed by atoms with Gasteiger partial charge in [-0.2, -0.15) is 4.42 Å². The molecule has 0 N–H and O–H groups in total. The van der Waals surface area contributed by atoms with Gasteiger partial charge in [-0.3, -0.25) is 14.4 Å². The summed E-state index contributed by atoms with van der Waals surface area (Å²) in [5.41, 5.74) is 0.417. The van der Waals surface area contributed by atoms with E-state index < -0.39 is 17.7 Å². The van der Waals surface area contributed by atoms with Gasteiger partial charge in [0.05, 0.1) is 0 Å². The van der Waals surface area contributed by atoms with E-state index in [9.17, 15) is 14.4 Å². The van der Waals surface area contributed by atoms with Gasteiger partial charge in [0.1, 0.15) is 5.92 Å². The lowest BCUT2D eigenvalue weighted by Gasteiger charge is -2.05. The monoisotopic (exact) mass is 237 g/mol. The number of Topliss-reactive ketones (excluding diaryl/α,β-unsaturated/α-hetero) is 1. The van der Waals surface area contributed by atoms with Crippen molar-refractivity contribution >= 4 is 29.4 Å². The zero-order chi connectivity index (χ0) is 11.7. The number of benzene rings is 1. The van der Waals surface area contributed by atoms with Gasteiger partial charge in [-0.25, -0.2) is 0 Å². The van der Waals surface area contributed by atoms with Crippen molar-refractivity contribution in [3.8, 4) is 0 Å². The molecule has 1 aliphatic heterocycles. The van der Waals surface area contributed by atoms with Crippen LogP contribution in [-0.2, 0) is 9.59 Å². The van der Waals surface area contributed by atoms with E-state index in [1.807, 2.05) is 0 Å². The summed E-state index contributed by atoms with van der Waals surface area (Å²) in [4.78, 5) is 34.5. The van der Waals surface area contributed by atoms with Crippen LogP contribution < -0.4 is 0 Å². The van der Waals surface area contributed by atoms with Gasteiger partial charge in [0.25, 0.3) is 5.91 Å². The van der Waals surface area contributed by atoms with E-state index in [1.165, 1.54) is 0 Å². The van der Waals surface area contributed by atoms with Crippen molar-refractivity contribution in [2.24, 2.45) is 5.92 Å². The highest BCUT2D eigenvalue weighted by Crippen LogP contribution is 2.24. The second-order valence-electron chi connectivity index (χ2n) is 3.50. The molecule has 16 heavy (non-hydrogen) atoms. The Hall–Kier alpha value is -1.68. The van der Waals surface area contributed by atoms with Gasteiger partial charge in [-0.1, -0.05) is 30.3 Å². The zero-order valence-electron chi connectivity index (χ0n) is 8.22. The molecule has 1 heterocycles. The first-order valence-corrected chi connectivity index (χ1v) is 5.07. The molecule has 1 aromatic rings. The summed E-state index contributed by atoms with van der Waals surface area (Å²) in [6.07, 6.45) is -0.143. The highest BCUT2D eigenvalue weighted by molar-refractivity contribution is 6.35. The van der Waals surface area contributed by atoms with Crippen molar-refractivity contribution in [2.45, 2.75) is 6.42 Å². The average molecular weight is 238 g/mol. The summed E-state index contributed by atoms with van der Waals surface area (Å²) >= 11 is 5.42. The van der Waals surface area contributed by atoms with Crippen LogP contribution in [0.25, 0.3) is 0 Å². The Kier molecular flexibility index (Phi) is 2.75. The number of halogens is 1. The van der Waals surface area contributed by atoms with Crippen LogP contribution in [0.5, 0.6) is 0 Å². The zero-order valence-corrected chi connectivity index (χ0v) is 8.98. The summed E-state index contributed by atoms with van der Waals surface area (Å²) in [5, 5.41) is 0. The topological polar surface area (TPSA) is 54.5 Å². The predicted octanol–water partition coefficient (Wildman–Crippen LogP) is 1.40. The minimum atomic E-state index is -0.965. The van der Waals surface area contributed by atoms with Crippen LogP contribution in [0.4, 0.5) is 0 Å². The van der Waals surface area contributed by atoms with Crippen molar-refractivity contribution in [3.63, 3.8) is 0 Å². The first-order valence-electron chi connectivity index (χ1n) is 4.73. The molecule has 82 valence electrons. The molecule has 0 spiro atoms. The predicted molar refractivity (Wildman–Crippen MR) is 56.6 cm³/mol. The number of carbonyl (C=O) groups excluding carboxylic acids is 3. The second-order valence-corrected chi connectivity index (χ2v) is 3.84. The van der Waals surface area contributed by atoms with Crippen molar-refractivity contribution in [1.29, 1.82) is 0 Å². The molecule has 0 saturated carbocycles. The van der Waals surface area contributed by atoms with Gasteiger partial charge >= 0.3 is 0 Å². The lowest BCUT2D eigenvalue weighted by atomic mass is 9.96. The van der Waals surface area contributed by atoms with Crippen molar-refractivity contribution in [3.05, 3.63) is 35.9 Å². The van der Waals surface area contributed by atoms with E-state index in [1.54, 1.807) is 30.3 Å². The average Bonchev–Trinajstić information content (AvgIpc) is 2.57. The fourth-order valence-corrected chi connectivity index (χ4v) is 1.80. The van der Waals surface area contributed by atoms with Crippen LogP contribution in [0.3, 0.4) is 0 Å². The fraction of sp³-hybridized carbons (Fsp3) is 0.182. The molecular weight excluding hydrogens is 230 g/mol. The lowest BCUT2D eigenvalue weighted by Crippen LogP contribution is -2.25. The van der Waals surface area contributed by atoms with E-state index in [0.717, 1.165) is 0 Å². The van der Waals surface area contributed by atoms with E-state index in [-0.39, 0.29) is 12.2 Å². The van der Waals surface area contributed by atoms with E-state index in [2.05, 4.69) is 0 Å². The second kappa shape index (κ2) is 4.06. The van der Waals surface area contributed by atoms with Gasteiger partial charge in [0.2, 0.25) is 5.91 Å². The molecule has 5 heteroatoms. The van der Waals surface area contributed by atoms with Crippen LogP contribution in [0, 0.1) is 5.92 Å². The van der Waals surface area contributed by atoms with Crippen LogP contribution in [0.2, 0.25) is 0 Å². The molecule has 0 bridgehead atoms. The maximum atomic E-state index is 11.9. The first kappa shape index (κ1) is 10.8. The summed E-state index contributed by atoms with van der Waals surface area (Å²) < 4.78 is 0.492. The number of carbonyl (C=O) groups is 3. The van der Waals surface area contributed by atoms with E-state index in [0.29, 0.717) is 9.98 Å². The molecule has 1 atom stereocenters. The number of nitrogens with zero attached hydrogens (tertiary/aromatic N) is 1. The largest absolute Gasteiger partial charge is 0.293 e. The van der Waals surface area contributed by atoms with Crippen LogP contribution in [-0.4, -0.2) is 22.0 Å². The number of ketones is 1. The van der Waals surface area contributed by atoms with Crippen molar-refractivity contribution in [1.82, 2.24) is 4.42 Å². The molecular formula is C11H8ClNO3. The standard InChI is InChI=1S/C11H8ClNO3/c12-13-9(14)6-8(11(13)16)10(15)7-4-2-1-3-5-7/h1-5,8H,6H2. The number of amides is 2. The molecule has 2 amide bonds. The fourth-order valence-electron chi connectivity index (χ4n) is 1.61. The maximum Gasteiger partial charge on any atom is 0.255 e. The van der Waals surface area contributed by atoms with Gasteiger partial charge in [0.15, 0.2) is 5.78 Å². The molecule has 4 nitrogen and oxygen atoms in total. The van der Waals surface area contributed by atoms with E-state index >= 15 is 0 Å². The molecule has 1 unspecified atom stereocenters. The maximum absolute atomic E-state index is 11.9. The normalized spacial score (nSPS) is 20.3. The Morgan fingerprint density at radius 2 is 1.88 bits per heavy atom. The van der Waals surface area contributed by atoms with E-state index in [4.69, 9.17) is 11.8 Å². The molecule has 0 aromatic heterocycles. The van der Waals surface area contributed by atoms with Crippen molar-refractivity contribution < 1.29 is 14.4 Å². The Morgan fingerprint density at radius 3 is 2.38 bits per heavy atom. The third-order valence-corrected chi connectivity index (χ3v) is 2.82. The summed E-state index contributed by atoms with van der Waals surface area (Å²) in [7, 11) is 0. The summed E-state index contributed by atoms with van der Waals surface area (Å²) in [5.74, 6) is -2.49. The number of hydrogen-bond donors (Lipinski definition) is 0. The first-order chi connectivity index (χ1) is 7.61. The van der Waals surface area contributed by atoms with Crippen LogP contribution in [0.1, 0.15) is 16.8 Å². The highest BCUT2D eigenvalue weighted by Gasteiger charge is 2.42. The minimum Gasteiger partial charge on any atom is -0.293 e. The summed E-state index contributed by atoms with van der Waals surface area (Å²) in [6.45, 7) is 0.